The number of pyridine rings is 1. The monoisotopic (exact) mass is 352 g/mol. The number of amides is 1. The molecule has 26 heavy (non-hydrogen) atoms. The Morgan fingerprint density at radius 1 is 1.15 bits per heavy atom. The molecular weight excluding hydrogens is 328 g/mol. The Bertz CT molecular complexity index is 753. The second-order valence-corrected chi connectivity index (χ2v) is 6.07. The molecule has 1 amide bonds. The van der Waals surface area contributed by atoms with Gasteiger partial charge in [0.2, 0.25) is 0 Å². The number of methoxy groups -OCH3 is 1. The van der Waals surface area contributed by atoms with Crippen molar-refractivity contribution >= 4 is 17.3 Å². The molecule has 0 saturated carbocycles. The lowest BCUT2D eigenvalue weighted by Gasteiger charge is -2.37. The summed E-state index contributed by atoms with van der Waals surface area (Å²) in [5.41, 5.74) is 2.66. The minimum atomic E-state index is -0.177. The molecule has 6 nitrogen and oxygen atoms in total. The molecule has 1 N–H and O–H groups in total. The highest BCUT2D eigenvalue weighted by Gasteiger charge is 2.18. The zero-order valence-corrected chi connectivity index (χ0v) is 15.0. The van der Waals surface area contributed by atoms with Gasteiger partial charge in [-0.1, -0.05) is 6.08 Å². The summed E-state index contributed by atoms with van der Waals surface area (Å²) in [7, 11) is 1.68. The molecular formula is C20H24N4O2. The van der Waals surface area contributed by atoms with Crippen molar-refractivity contribution in [2.75, 3.05) is 49.6 Å². The van der Waals surface area contributed by atoms with Gasteiger partial charge in [0.25, 0.3) is 5.91 Å². The number of nitrogens with one attached hydrogen (secondary N) is 1. The molecule has 1 aromatic carbocycles. The van der Waals surface area contributed by atoms with Crippen LogP contribution in [0.25, 0.3) is 0 Å². The van der Waals surface area contributed by atoms with Crippen LogP contribution in [0.15, 0.2) is 55.3 Å². The molecule has 1 saturated heterocycles. The van der Waals surface area contributed by atoms with Crippen LogP contribution >= 0.6 is 0 Å². The van der Waals surface area contributed by atoms with Crippen molar-refractivity contribution in [1.29, 1.82) is 0 Å². The number of carbonyl (C=O) groups excluding carboxylic acids is 1. The molecule has 0 aliphatic carbocycles. The highest BCUT2D eigenvalue weighted by atomic mass is 16.5. The maximum Gasteiger partial charge on any atom is 0.270 e. The molecule has 3 rings (SSSR count). The molecule has 0 bridgehead atoms. The summed E-state index contributed by atoms with van der Waals surface area (Å²) in [5, 5.41) is 2.76. The van der Waals surface area contributed by atoms with Gasteiger partial charge in [-0.15, -0.1) is 6.58 Å². The van der Waals surface area contributed by atoms with E-state index < -0.39 is 0 Å². The molecule has 1 fully saturated rings. The van der Waals surface area contributed by atoms with E-state index in [1.807, 2.05) is 24.3 Å². The zero-order chi connectivity index (χ0) is 18.4. The van der Waals surface area contributed by atoms with Crippen molar-refractivity contribution in [3.05, 3.63) is 60.9 Å². The lowest BCUT2D eigenvalue weighted by Crippen LogP contribution is -2.46. The number of hydrogen-bond donors (Lipinski definition) is 1. The molecule has 136 valence electrons. The summed E-state index contributed by atoms with van der Waals surface area (Å²) in [5.74, 6) is 0.690. The molecule has 0 radical (unpaired) electrons. The summed E-state index contributed by atoms with van der Waals surface area (Å²) < 4.78 is 5.22. The molecule has 2 heterocycles. The summed E-state index contributed by atoms with van der Waals surface area (Å²) >= 11 is 0. The fourth-order valence-corrected chi connectivity index (χ4v) is 3.01. The van der Waals surface area contributed by atoms with Gasteiger partial charge in [0.05, 0.1) is 7.11 Å². The topological polar surface area (TPSA) is 57.7 Å². The Kier molecular flexibility index (Phi) is 5.73. The lowest BCUT2D eigenvalue weighted by molar-refractivity contribution is 0.0953. The van der Waals surface area contributed by atoms with E-state index in [0.717, 1.165) is 37.6 Å². The van der Waals surface area contributed by atoms with E-state index in [2.05, 4.69) is 38.8 Å². The van der Waals surface area contributed by atoms with E-state index in [0.29, 0.717) is 12.2 Å². The van der Waals surface area contributed by atoms with E-state index >= 15 is 0 Å². The van der Waals surface area contributed by atoms with E-state index in [-0.39, 0.29) is 5.91 Å². The van der Waals surface area contributed by atoms with Gasteiger partial charge < -0.3 is 19.9 Å². The van der Waals surface area contributed by atoms with Crippen molar-refractivity contribution in [2.24, 2.45) is 0 Å². The molecule has 0 spiro atoms. The second kappa shape index (κ2) is 8.38. The number of piperazine rings is 1. The maximum atomic E-state index is 12.1. The second-order valence-electron chi connectivity index (χ2n) is 6.07. The first-order valence-corrected chi connectivity index (χ1v) is 8.70. The quantitative estimate of drug-likeness (QED) is 0.809. The third-order valence-corrected chi connectivity index (χ3v) is 4.47. The van der Waals surface area contributed by atoms with Gasteiger partial charge in [0.15, 0.2) is 0 Å². The normalized spacial score (nSPS) is 14.0. The Labute approximate surface area is 154 Å². The largest absolute Gasteiger partial charge is 0.497 e. The summed E-state index contributed by atoms with van der Waals surface area (Å²) in [6.45, 7) is 7.67. The SMILES string of the molecule is C=CCNC(=O)c1cc(N2CCN(c3ccc(OC)cc3)CC2)ccn1. The van der Waals surface area contributed by atoms with Crippen molar-refractivity contribution < 1.29 is 9.53 Å². The van der Waals surface area contributed by atoms with Crippen LogP contribution in [-0.4, -0.2) is 50.7 Å². The van der Waals surface area contributed by atoms with Crippen LogP contribution in [0.4, 0.5) is 11.4 Å². The van der Waals surface area contributed by atoms with Crippen molar-refractivity contribution in [2.45, 2.75) is 0 Å². The van der Waals surface area contributed by atoms with Crippen LogP contribution in [0.3, 0.4) is 0 Å². The fourth-order valence-electron chi connectivity index (χ4n) is 3.01. The molecule has 2 aromatic rings. The lowest BCUT2D eigenvalue weighted by atomic mass is 10.2. The smallest absolute Gasteiger partial charge is 0.270 e. The highest BCUT2D eigenvalue weighted by Crippen LogP contribution is 2.23. The van der Waals surface area contributed by atoms with E-state index in [9.17, 15) is 4.79 Å². The van der Waals surface area contributed by atoms with Crippen LogP contribution in [0.5, 0.6) is 5.75 Å². The number of benzene rings is 1. The summed E-state index contributed by atoms with van der Waals surface area (Å²) in [6, 6.07) is 11.9. The maximum absolute atomic E-state index is 12.1. The zero-order valence-electron chi connectivity index (χ0n) is 15.0. The number of anilines is 2. The predicted octanol–water partition coefficient (Wildman–Crippen LogP) is 2.33. The standard InChI is InChI=1S/C20H24N4O2/c1-3-9-22-20(25)19-15-17(8-10-21-19)24-13-11-23(12-14-24)16-4-6-18(26-2)7-5-16/h3-8,10,15H,1,9,11-14H2,2H3,(H,22,25). The van der Waals surface area contributed by atoms with Gasteiger partial charge in [0.1, 0.15) is 11.4 Å². The highest BCUT2D eigenvalue weighted by molar-refractivity contribution is 5.93. The molecule has 1 aliphatic heterocycles. The number of aromatic nitrogens is 1. The van der Waals surface area contributed by atoms with Gasteiger partial charge in [0, 0.05) is 50.3 Å². The molecule has 1 aliphatic rings. The Hall–Kier alpha value is -3.02. The minimum Gasteiger partial charge on any atom is -0.497 e. The Morgan fingerprint density at radius 2 is 1.81 bits per heavy atom. The minimum absolute atomic E-state index is 0.177. The van der Waals surface area contributed by atoms with Crippen LogP contribution < -0.4 is 19.9 Å². The van der Waals surface area contributed by atoms with Gasteiger partial charge in [-0.05, 0) is 36.4 Å². The van der Waals surface area contributed by atoms with E-state index in [4.69, 9.17) is 4.74 Å². The third-order valence-electron chi connectivity index (χ3n) is 4.47. The number of carbonyl (C=O) groups is 1. The van der Waals surface area contributed by atoms with Gasteiger partial charge in [-0.2, -0.15) is 0 Å². The van der Waals surface area contributed by atoms with Crippen molar-refractivity contribution in [1.82, 2.24) is 10.3 Å². The first-order valence-electron chi connectivity index (χ1n) is 8.70. The fraction of sp³-hybridized carbons (Fsp3) is 0.300. The Balaban J connectivity index is 1.62. The van der Waals surface area contributed by atoms with E-state index in [1.54, 1.807) is 19.4 Å². The van der Waals surface area contributed by atoms with Crippen LogP contribution in [0, 0.1) is 0 Å². The molecule has 6 heteroatoms. The first kappa shape index (κ1) is 17.8. The number of nitrogens with zero attached hydrogens (tertiary/aromatic N) is 3. The summed E-state index contributed by atoms with van der Waals surface area (Å²) in [4.78, 5) is 20.9. The van der Waals surface area contributed by atoms with Gasteiger partial charge in [-0.25, -0.2) is 0 Å². The van der Waals surface area contributed by atoms with Crippen LogP contribution in [-0.2, 0) is 0 Å². The third kappa shape index (κ3) is 4.14. The average Bonchev–Trinajstić information content (AvgIpc) is 2.72. The predicted molar refractivity (Wildman–Crippen MR) is 104 cm³/mol. The Morgan fingerprint density at radius 3 is 2.42 bits per heavy atom. The van der Waals surface area contributed by atoms with Crippen molar-refractivity contribution in [3.8, 4) is 5.75 Å². The number of hydrogen-bond acceptors (Lipinski definition) is 5. The average molecular weight is 352 g/mol. The summed E-state index contributed by atoms with van der Waals surface area (Å²) in [6.07, 6.45) is 3.34. The van der Waals surface area contributed by atoms with Gasteiger partial charge >= 0.3 is 0 Å². The number of ether oxygens (including phenoxy) is 1. The molecule has 0 unspecified atom stereocenters. The first-order chi connectivity index (χ1) is 12.7. The van der Waals surface area contributed by atoms with Crippen LogP contribution in [0.1, 0.15) is 10.5 Å². The van der Waals surface area contributed by atoms with Crippen molar-refractivity contribution in [3.63, 3.8) is 0 Å². The van der Waals surface area contributed by atoms with Gasteiger partial charge in [-0.3, -0.25) is 9.78 Å². The molecule has 0 atom stereocenters. The van der Waals surface area contributed by atoms with Crippen LogP contribution in [0.2, 0.25) is 0 Å². The number of rotatable bonds is 6. The van der Waals surface area contributed by atoms with E-state index in [1.165, 1.54) is 5.69 Å². The molecule has 1 aromatic heterocycles.